The monoisotopic (exact) mass is 339 g/mol. The van der Waals surface area contributed by atoms with Gasteiger partial charge in [-0.15, -0.1) is 0 Å². The van der Waals surface area contributed by atoms with E-state index >= 15 is 0 Å². The molecule has 2 heterocycles. The molecule has 1 unspecified atom stereocenters. The molecule has 0 aliphatic carbocycles. The average molecular weight is 339 g/mol. The van der Waals surface area contributed by atoms with E-state index in [4.69, 9.17) is 14.3 Å². The molecular weight excluding hydrogens is 322 g/mol. The zero-order valence-electron chi connectivity index (χ0n) is 13.9. The Balaban J connectivity index is 2.16. The number of rotatable bonds is 5. The highest BCUT2D eigenvalue weighted by atomic mass is 16.5. The molecule has 2 aromatic heterocycles. The SMILES string of the molecule is CCC(C)Oc1ncccc1-c1cc(=O)c2ccc(C(=O)O)cc2o1. The van der Waals surface area contributed by atoms with Gasteiger partial charge in [-0.25, -0.2) is 9.78 Å². The third kappa shape index (κ3) is 3.38. The number of carboxylic acids is 1. The van der Waals surface area contributed by atoms with E-state index in [0.717, 1.165) is 6.42 Å². The zero-order chi connectivity index (χ0) is 18.0. The number of carbonyl (C=O) groups is 1. The molecule has 0 radical (unpaired) electrons. The molecule has 0 saturated heterocycles. The van der Waals surface area contributed by atoms with E-state index in [-0.39, 0.29) is 28.4 Å². The topological polar surface area (TPSA) is 89.6 Å². The fourth-order valence-electron chi connectivity index (χ4n) is 2.37. The third-order valence-corrected chi connectivity index (χ3v) is 3.90. The minimum absolute atomic E-state index is 0.0422. The van der Waals surface area contributed by atoms with E-state index < -0.39 is 5.97 Å². The molecule has 1 atom stereocenters. The first-order valence-corrected chi connectivity index (χ1v) is 7.93. The molecule has 6 heteroatoms. The van der Waals surface area contributed by atoms with Gasteiger partial charge in [-0.05, 0) is 43.7 Å². The lowest BCUT2D eigenvalue weighted by Gasteiger charge is -2.14. The van der Waals surface area contributed by atoms with Gasteiger partial charge in [0.05, 0.1) is 22.6 Å². The Morgan fingerprint density at radius 3 is 2.84 bits per heavy atom. The predicted octanol–water partition coefficient (Wildman–Crippen LogP) is 3.73. The van der Waals surface area contributed by atoms with E-state index in [1.54, 1.807) is 18.3 Å². The molecule has 1 N–H and O–H groups in total. The normalized spacial score (nSPS) is 12.1. The molecule has 0 amide bonds. The third-order valence-electron chi connectivity index (χ3n) is 3.90. The molecule has 25 heavy (non-hydrogen) atoms. The van der Waals surface area contributed by atoms with Gasteiger partial charge in [0.25, 0.3) is 0 Å². The highest BCUT2D eigenvalue weighted by molar-refractivity contribution is 5.92. The van der Waals surface area contributed by atoms with Crippen molar-refractivity contribution in [3.8, 4) is 17.2 Å². The van der Waals surface area contributed by atoms with Crippen molar-refractivity contribution in [2.45, 2.75) is 26.4 Å². The molecule has 6 nitrogen and oxygen atoms in total. The van der Waals surface area contributed by atoms with Gasteiger partial charge in [0.15, 0.2) is 5.43 Å². The van der Waals surface area contributed by atoms with Crippen molar-refractivity contribution in [1.82, 2.24) is 4.98 Å². The average Bonchev–Trinajstić information content (AvgIpc) is 2.61. The maximum atomic E-state index is 12.4. The Morgan fingerprint density at radius 2 is 2.12 bits per heavy atom. The molecule has 0 bridgehead atoms. The van der Waals surface area contributed by atoms with Crippen LogP contribution in [0.25, 0.3) is 22.3 Å². The molecule has 0 saturated carbocycles. The van der Waals surface area contributed by atoms with Gasteiger partial charge in [0.1, 0.15) is 11.3 Å². The van der Waals surface area contributed by atoms with Gasteiger partial charge in [-0.3, -0.25) is 4.79 Å². The Bertz CT molecular complexity index is 993. The van der Waals surface area contributed by atoms with Crippen LogP contribution in [0.15, 0.2) is 51.8 Å². The summed E-state index contributed by atoms with van der Waals surface area (Å²) in [6.45, 7) is 3.92. The molecule has 128 valence electrons. The van der Waals surface area contributed by atoms with Crippen molar-refractivity contribution in [3.05, 3.63) is 58.4 Å². The number of pyridine rings is 1. The maximum absolute atomic E-state index is 12.4. The summed E-state index contributed by atoms with van der Waals surface area (Å²) in [6, 6.07) is 9.00. The lowest BCUT2D eigenvalue weighted by molar-refractivity contribution is 0.0697. The minimum Gasteiger partial charge on any atom is -0.478 e. The lowest BCUT2D eigenvalue weighted by Crippen LogP contribution is -2.11. The van der Waals surface area contributed by atoms with Gasteiger partial charge in [-0.1, -0.05) is 6.92 Å². The first-order chi connectivity index (χ1) is 12.0. The number of carboxylic acid groups (broad SMARTS) is 1. The van der Waals surface area contributed by atoms with Crippen LogP contribution in [0.2, 0.25) is 0 Å². The molecule has 0 aliphatic heterocycles. The van der Waals surface area contributed by atoms with Crippen LogP contribution in [-0.2, 0) is 0 Å². The summed E-state index contributed by atoms with van der Waals surface area (Å²) in [4.78, 5) is 27.7. The summed E-state index contributed by atoms with van der Waals surface area (Å²) in [5, 5.41) is 9.44. The smallest absolute Gasteiger partial charge is 0.335 e. The summed E-state index contributed by atoms with van der Waals surface area (Å²) in [5.74, 6) is -0.433. The second-order valence-corrected chi connectivity index (χ2v) is 5.68. The van der Waals surface area contributed by atoms with Crippen LogP contribution in [0.5, 0.6) is 5.88 Å². The minimum atomic E-state index is -1.09. The van der Waals surface area contributed by atoms with Crippen molar-refractivity contribution < 1.29 is 19.1 Å². The molecular formula is C19H17NO5. The van der Waals surface area contributed by atoms with Crippen molar-refractivity contribution in [2.24, 2.45) is 0 Å². The van der Waals surface area contributed by atoms with Gasteiger partial charge in [-0.2, -0.15) is 0 Å². The molecule has 3 aromatic rings. The number of ether oxygens (including phenoxy) is 1. The molecule has 3 rings (SSSR count). The number of fused-ring (bicyclic) bond motifs is 1. The van der Waals surface area contributed by atoms with E-state index in [0.29, 0.717) is 16.8 Å². The van der Waals surface area contributed by atoms with Crippen LogP contribution in [0, 0.1) is 0 Å². The number of hydrogen-bond donors (Lipinski definition) is 1. The largest absolute Gasteiger partial charge is 0.478 e. The van der Waals surface area contributed by atoms with Crippen molar-refractivity contribution >= 4 is 16.9 Å². The van der Waals surface area contributed by atoms with Crippen molar-refractivity contribution in [1.29, 1.82) is 0 Å². The van der Waals surface area contributed by atoms with Crippen LogP contribution >= 0.6 is 0 Å². The number of aromatic carboxylic acids is 1. The van der Waals surface area contributed by atoms with Gasteiger partial charge < -0.3 is 14.3 Å². The van der Waals surface area contributed by atoms with Gasteiger partial charge in [0.2, 0.25) is 5.88 Å². The van der Waals surface area contributed by atoms with Crippen LogP contribution in [0.1, 0.15) is 30.6 Å². The molecule has 0 spiro atoms. The Kier molecular flexibility index (Phi) is 4.52. The highest BCUT2D eigenvalue weighted by Crippen LogP contribution is 2.30. The Morgan fingerprint density at radius 1 is 1.32 bits per heavy atom. The fourth-order valence-corrected chi connectivity index (χ4v) is 2.37. The van der Waals surface area contributed by atoms with Gasteiger partial charge >= 0.3 is 5.97 Å². The van der Waals surface area contributed by atoms with E-state index in [1.165, 1.54) is 24.3 Å². The van der Waals surface area contributed by atoms with E-state index in [9.17, 15) is 9.59 Å². The maximum Gasteiger partial charge on any atom is 0.335 e. The first-order valence-electron chi connectivity index (χ1n) is 7.93. The quantitative estimate of drug-likeness (QED) is 0.762. The summed E-state index contributed by atoms with van der Waals surface area (Å²) in [6.07, 6.45) is 2.36. The Labute approximate surface area is 143 Å². The number of nitrogens with zero attached hydrogens (tertiary/aromatic N) is 1. The van der Waals surface area contributed by atoms with Crippen molar-refractivity contribution in [3.63, 3.8) is 0 Å². The molecule has 0 fully saturated rings. The zero-order valence-corrected chi connectivity index (χ0v) is 13.9. The molecule has 0 aliphatic rings. The molecule has 1 aromatic carbocycles. The number of aromatic nitrogens is 1. The van der Waals surface area contributed by atoms with E-state index in [1.807, 2.05) is 13.8 Å². The van der Waals surface area contributed by atoms with E-state index in [2.05, 4.69) is 4.98 Å². The predicted molar refractivity (Wildman–Crippen MR) is 93.1 cm³/mol. The second kappa shape index (κ2) is 6.76. The fraction of sp³-hybridized carbons (Fsp3) is 0.211. The second-order valence-electron chi connectivity index (χ2n) is 5.68. The van der Waals surface area contributed by atoms with Crippen molar-refractivity contribution in [2.75, 3.05) is 0 Å². The van der Waals surface area contributed by atoms with Gasteiger partial charge in [0, 0.05) is 12.3 Å². The summed E-state index contributed by atoms with van der Waals surface area (Å²) in [5.41, 5.74) is 0.546. The summed E-state index contributed by atoms with van der Waals surface area (Å²) in [7, 11) is 0. The number of benzene rings is 1. The van der Waals surface area contributed by atoms with Crippen LogP contribution in [0.4, 0.5) is 0 Å². The standard InChI is InChI=1S/C19H17NO5/c1-3-11(2)24-18-14(5-4-8-20-18)17-10-15(21)13-7-6-12(19(22)23)9-16(13)25-17/h4-11H,3H2,1-2H3,(H,22,23). The highest BCUT2D eigenvalue weighted by Gasteiger charge is 2.15. The first kappa shape index (κ1) is 16.7. The number of hydrogen-bond acceptors (Lipinski definition) is 5. The lowest BCUT2D eigenvalue weighted by atomic mass is 10.1. The summed E-state index contributed by atoms with van der Waals surface area (Å²) < 4.78 is 11.6. The summed E-state index contributed by atoms with van der Waals surface area (Å²) >= 11 is 0. The van der Waals surface area contributed by atoms with Crippen LogP contribution in [-0.4, -0.2) is 22.2 Å². The van der Waals surface area contributed by atoms with Crippen LogP contribution < -0.4 is 10.2 Å². The Hall–Kier alpha value is -3.15. The van der Waals surface area contributed by atoms with Crippen LogP contribution in [0.3, 0.4) is 0 Å².